The number of nitrogens with zero attached hydrogens (tertiary/aromatic N) is 2. The quantitative estimate of drug-likeness (QED) is 0.243. The maximum absolute atomic E-state index is 12.9. The van der Waals surface area contributed by atoms with Gasteiger partial charge in [0.15, 0.2) is 5.69 Å². The highest BCUT2D eigenvalue weighted by Gasteiger charge is 2.23. The fourth-order valence-corrected chi connectivity index (χ4v) is 4.62. The molecule has 1 aromatic heterocycles. The van der Waals surface area contributed by atoms with Crippen molar-refractivity contribution in [2.24, 2.45) is 5.92 Å². The Labute approximate surface area is 235 Å². The molecule has 40 heavy (non-hydrogen) atoms. The van der Waals surface area contributed by atoms with Crippen LogP contribution in [0.2, 0.25) is 0 Å². The molecule has 0 atom stereocenters. The molecule has 0 aliphatic carbocycles. The highest BCUT2D eigenvalue weighted by atomic mass is 16.5. The van der Waals surface area contributed by atoms with Gasteiger partial charge in [-0.1, -0.05) is 26.0 Å². The number of esters is 1. The van der Waals surface area contributed by atoms with Crippen LogP contribution in [0.3, 0.4) is 0 Å². The third-order valence-electron chi connectivity index (χ3n) is 6.85. The lowest BCUT2D eigenvalue weighted by molar-refractivity contribution is 0.0519. The third-order valence-corrected chi connectivity index (χ3v) is 6.85. The Balaban J connectivity index is 1.79. The Kier molecular flexibility index (Phi) is 9.60. The van der Waals surface area contributed by atoms with Crippen molar-refractivity contribution < 1.29 is 23.7 Å². The van der Waals surface area contributed by atoms with Crippen LogP contribution < -0.4 is 19.7 Å². The summed E-state index contributed by atoms with van der Waals surface area (Å²) in [4.78, 5) is 19.8. The average Bonchev–Trinajstić information content (AvgIpc) is 2.99. The first-order valence-corrected chi connectivity index (χ1v) is 13.5. The lowest BCUT2D eigenvalue weighted by Gasteiger charge is -2.29. The minimum Gasteiger partial charge on any atom is -0.497 e. The second-order valence-corrected chi connectivity index (χ2v) is 9.75. The number of carbonyl (C=O) groups is 1. The minimum absolute atomic E-state index is 0.0716. The van der Waals surface area contributed by atoms with E-state index in [4.69, 9.17) is 24.4 Å². The van der Waals surface area contributed by atoms with Gasteiger partial charge in [0.05, 0.1) is 34.0 Å². The summed E-state index contributed by atoms with van der Waals surface area (Å²) in [6.07, 6.45) is 0. The SMILES string of the molecule is CCOC(=O)c1cc(-c2ccc(N3CCOCC3)cc2)c(C(=N)C(C)C)c(NCc2ccc(OC)cc2OC)n1. The fourth-order valence-electron chi connectivity index (χ4n) is 4.62. The van der Waals surface area contributed by atoms with E-state index < -0.39 is 5.97 Å². The highest BCUT2D eigenvalue weighted by molar-refractivity contribution is 6.10. The molecule has 1 fully saturated rings. The molecule has 9 nitrogen and oxygen atoms in total. The summed E-state index contributed by atoms with van der Waals surface area (Å²) in [5.41, 5.74) is 4.86. The van der Waals surface area contributed by atoms with Gasteiger partial charge in [0.25, 0.3) is 0 Å². The Hall–Kier alpha value is -4.11. The molecule has 1 aliphatic heterocycles. The zero-order valence-corrected chi connectivity index (χ0v) is 23.9. The first-order chi connectivity index (χ1) is 19.4. The number of rotatable bonds is 11. The van der Waals surface area contributed by atoms with Crippen molar-refractivity contribution in [3.05, 3.63) is 65.4 Å². The summed E-state index contributed by atoms with van der Waals surface area (Å²) in [6, 6.07) is 15.5. The van der Waals surface area contributed by atoms with Crippen LogP contribution in [0.15, 0.2) is 48.5 Å². The van der Waals surface area contributed by atoms with Crippen molar-refractivity contribution in [1.29, 1.82) is 5.41 Å². The van der Waals surface area contributed by atoms with E-state index in [2.05, 4.69) is 27.3 Å². The van der Waals surface area contributed by atoms with Crippen LogP contribution in [0, 0.1) is 11.3 Å². The van der Waals surface area contributed by atoms with Crippen molar-refractivity contribution in [1.82, 2.24) is 4.98 Å². The lowest BCUT2D eigenvalue weighted by atomic mass is 9.91. The molecule has 4 rings (SSSR count). The topological polar surface area (TPSA) is 106 Å². The number of nitrogens with one attached hydrogen (secondary N) is 2. The number of carbonyl (C=O) groups excluding carboxylic acids is 1. The van der Waals surface area contributed by atoms with Gasteiger partial charge in [-0.15, -0.1) is 0 Å². The first kappa shape index (κ1) is 28.9. The van der Waals surface area contributed by atoms with Gasteiger partial charge in [0, 0.05) is 48.2 Å². The third kappa shape index (κ3) is 6.54. The first-order valence-electron chi connectivity index (χ1n) is 13.5. The molecule has 1 aliphatic rings. The fraction of sp³-hybridized carbons (Fsp3) is 0.387. The van der Waals surface area contributed by atoms with Gasteiger partial charge in [-0.3, -0.25) is 0 Å². The number of ether oxygens (including phenoxy) is 4. The number of methoxy groups -OCH3 is 2. The summed E-state index contributed by atoms with van der Waals surface area (Å²) >= 11 is 0. The van der Waals surface area contributed by atoms with E-state index in [0.29, 0.717) is 48.4 Å². The van der Waals surface area contributed by atoms with Gasteiger partial charge in [-0.25, -0.2) is 9.78 Å². The van der Waals surface area contributed by atoms with Crippen LogP contribution >= 0.6 is 0 Å². The molecule has 0 bridgehead atoms. The normalized spacial score (nSPS) is 13.2. The molecule has 2 heterocycles. The average molecular weight is 547 g/mol. The summed E-state index contributed by atoms with van der Waals surface area (Å²) in [7, 11) is 3.22. The van der Waals surface area contributed by atoms with E-state index in [1.54, 1.807) is 27.2 Å². The van der Waals surface area contributed by atoms with Crippen LogP contribution in [-0.2, 0) is 16.0 Å². The molecule has 0 unspecified atom stereocenters. The Bertz CT molecular complexity index is 1330. The number of benzene rings is 2. The van der Waals surface area contributed by atoms with Crippen molar-refractivity contribution in [3.63, 3.8) is 0 Å². The zero-order chi connectivity index (χ0) is 28.6. The zero-order valence-electron chi connectivity index (χ0n) is 23.9. The summed E-state index contributed by atoms with van der Waals surface area (Å²) < 4.78 is 21.7. The van der Waals surface area contributed by atoms with Crippen LogP contribution in [0.25, 0.3) is 11.1 Å². The number of morpholine rings is 1. The highest BCUT2D eigenvalue weighted by Crippen LogP contribution is 2.34. The van der Waals surface area contributed by atoms with Gasteiger partial charge in [-0.2, -0.15) is 0 Å². The predicted molar refractivity (Wildman–Crippen MR) is 157 cm³/mol. The van der Waals surface area contributed by atoms with E-state index in [-0.39, 0.29) is 18.2 Å². The van der Waals surface area contributed by atoms with Crippen LogP contribution in [-0.4, -0.2) is 63.8 Å². The van der Waals surface area contributed by atoms with Crippen molar-refractivity contribution >= 4 is 23.2 Å². The van der Waals surface area contributed by atoms with Crippen molar-refractivity contribution in [2.45, 2.75) is 27.3 Å². The lowest BCUT2D eigenvalue weighted by Crippen LogP contribution is -2.36. The van der Waals surface area contributed by atoms with E-state index in [1.807, 2.05) is 44.2 Å². The Morgan fingerprint density at radius 3 is 2.42 bits per heavy atom. The van der Waals surface area contributed by atoms with Gasteiger partial charge in [0.1, 0.15) is 17.3 Å². The molecule has 0 saturated carbocycles. The monoisotopic (exact) mass is 546 g/mol. The van der Waals surface area contributed by atoms with Crippen molar-refractivity contribution in [3.8, 4) is 22.6 Å². The maximum Gasteiger partial charge on any atom is 0.357 e. The second kappa shape index (κ2) is 13.3. The number of pyridine rings is 1. The molecule has 9 heteroatoms. The molecular weight excluding hydrogens is 508 g/mol. The number of hydrogen-bond acceptors (Lipinski definition) is 9. The number of hydrogen-bond donors (Lipinski definition) is 2. The molecule has 1 saturated heterocycles. The summed E-state index contributed by atoms with van der Waals surface area (Å²) in [5, 5.41) is 12.4. The van der Waals surface area contributed by atoms with Crippen LogP contribution in [0.5, 0.6) is 11.5 Å². The van der Waals surface area contributed by atoms with E-state index in [0.717, 1.165) is 35.5 Å². The van der Waals surface area contributed by atoms with Gasteiger partial charge < -0.3 is 34.6 Å². The second-order valence-electron chi connectivity index (χ2n) is 9.75. The predicted octanol–water partition coefficient (Wildman–Crippen LogP) is 5.42. The van der Waals surface area contributed by atoms with Crippen molar-refractivity contribution in [2.75, 3.05) is 57.3 Å². The molecule has 2 N–H and O–H groups in total. The van der Waals surface area contributed by atoms with E-state index in [9.17, 15) is 4.79 Å². The maximum atomic E-state index is 12.9. The molecule has 0 radical (unpaired) electrons. The van der Waals surface area contributed by atoms with Gasteiger partial charge >= 0.3 is 5.97 Å². The summed E-state index contributed by atoms with van der Waals surface area (Å²) in [6.45, 7) is 9.41. The minimum atomic E-state index is -0.513. The summed E-state index contributed by atoms with van der Waals surface area (Å²) in [5.74, 6) is 1.20. The molecule has 0 amide bonds. The largest absolute Gasteiger partial charge is 0.497 e. The smallest absolute Gasteiger partial charge is 0.357 e. The Morgan fingerprint density at radius 2 is 1.80 bits per heavy atom. The number of aromatic nitrogens is 1. The molecule has 0 spiro atoms. The molecular formula is C31H38N4O5. The van der Waals surface area contributed by atoms with E-state index in [1.165, 1.54) is 0 Å². The van der Waals surface area contributed by atoms with Crippen LogP contribution in [0.1, 0.15) is 42.4 Å². The van der Waals surface area contributed by atoms with Gasteiger partial charge in [-0.05, 0) is 54.3 Å². The van der Waals surface area contributed by atoms with Crippen LogP contribution in [0.4, 0.5) is 11.5 Å². The number of anilines is 2. The van der Waals surface area contributed by atoms with Gasteiger partial charge in [0.2, 0.25) is 0 Å². The molecule has 3 aromatic rings. The standard InChI is InChI=1S/C31H38N4O5/c1-6-40-31(36)26-18-25(21-7-10-23(11-8-21)35-13-15-39-16-14-35)28(29(32)20(2)3)30(34-26)33-19-22-9-12-24(37-4)17-27(22)38-5/h7-12,17-18,20,32H,6,13-16,19H2,1-5H3,(H,33,34). The molecule has 2 aromatic carbocycles. The van der Waals surface area contributed by atoms with E-state index >= 15 is 0 Å². The Morgan fingerprint density at radius 1 is 1.07 bits per heavy atom. The molecule has 212 valence electrons.